The number of hydrogen-bond donors (Lipinski definition) is 2. The van der Waals surface area contributed by atoms with Crippen molar-refractivity contribution in [2.45, 2.75) is 6.42 Å². The Balaban J connectivity index is 1.57. The molecule has 7 heteroatoms. The third kappa shape index (κ3) is 4.63. The molecule has 0 atom stereocenters. The monoisotopic (exact) mass is 371 g/mol. The lowest BCUT2D eigenvalue weighted by molar-refractivity contribution is 0.102. The summed E-state index contributed by atoms with van der Waals surface area (Å²) in [5, 5.41) is 5.55. The molecule has 0 bridgehead atoms. The highest BCUT2D eigenvalue weighted by Crippen LogP contribution is 2.17. The maximum Gasteiger partial charge on any atom is 0.258 e. The van der Waals surface area contributed by atoms with Crippen LogP contribution in [0.1, 0.15) is 15.9 Å². The molecule has 0 aliphatic carbocycles. The van der Waals surface area contributed by atoms with Crippen LogP contribution >= 0.6 is 0 Å². The van der Waals surface area contributed by atoms with Crippen molar-refractivity contribution in [1.29, 1.82) is 0 Å². The number of halogens is 3. The van der Waals surface area contributed by atoms with Crippen LogP contribution in [-0.4, -0.2) is 17.4 Å². The second kappa shape index (κ2) is 8.35. The maximum atomic E-state index is 13.7. The first-order chi connectivity index (χ1) is 13.0. The number of carbonyl (C=O) groups excluding carboxylic acids is 1. The summed E-state index contributed by atoms with van der Waals surface area (Å²) in [4.78, 5) is 16.2. The molecule has 3 aromatic rings. The molecule has 0 spiro atoms. The zero-order valence-corrected chi connectivity index (χ0v) is 14.2. The summed E-state index contributed by atoms with van der Waals surface area (Å²) < 4.78 is 39.8. The van der Waals surface area contributed by atoms with E-state index in [1.807, 2.05) is 30.3 Å². The van der Waals surface area contributed by atoms with Gasteiger partial charge in [0, 0.05) is 6.54 Å². The van der Waals surface area contributed by atoms with Crippen molar-refractivity contribution in [3.05, 3.63) is 89.4 Å². The van der Waals surface area contributed by atoms with E-state index in [-0.39, 0.29) is 0 Å². The number of pyridine rings is 1. The Labute approximate surface area is 154 Å². The second-order valence-corrected chi connectivity index (χ2v) is 5.77. The Morgan fingerprint density at radius 3 is 2.41 bits per heavy atom. The highest BCUT2D eigenvalue weighted by molar-refractivity contribution is 6.04. The number of hydrogen-bond acceptors (Lipinski definition) is 3. The molecule has 2 aromatic carbocycles. The Hall–Kier alpha value is -3.35. The molecule has 27 heavy (non-hydrogen) atoms. The highest BCUT2D eigenvalue weighted by atomic mass is 19.2. The van der Waals surface area contributed by atoms with Gasteiger partial charge in [0.2, 0.25) is 0 Å². The van der Waals surface area contributed by atoms with E-state index in [0.29, 0.717) is 24.1 Å². The minimum absolute atomic E-state index is 0.303. The van der Waals surface area contributed by atoms with E-state index in [2.05, 4.69) is 15.6 Å². The lowest BCUT2D eigenvalue weighted by Crippen LogP contribution is -2.15. The first-order valence-corrected chi connectivity index (χ1v) is 8.23. The van der Waals surface area contributed by atoms with Crippen LogP contribution < -0.4 is 10.6 Å². The van der Waals surface area contributed by atoms with Gasteiger partial charge < -0.3 is 10.6 Å². The smallest absolute Gasteiger partial charge is 0.258 e. The van der Waals surface area contributed by atoms with Crippen molar-refractivity contribution in [2.75, 3.05) is 17.2 Å². The van der Waals surface area contributed by atoms with Crippen LogP contribution in [0, 0.1) is 17.5 Å². The van der Waals surface area contributed by atoms with E-state index in [0.717, 1.165) is 12.5 Å². The predicted octanol–water partition coefficient (Wildman–Crippen LogP) is 4.41. The van der Waals surface area contributed by atoms with Crippen LogP contribution in [0.5, 0.6) is 0 Å². The van der Waals surface area contributed by atoms with E-state index in [1.54, 1.807) is 12.1 Å². The van der Waals surface area contributed by atoms with Crippen molar-refractivity contribution in [1.82, 2.24) is 4.98 Å². The van der Waals surface area contributed by atoms with Crippen molar-refractivity contribution >= 4 is 17.4 Å². The maximum absolute atomic E-state index is 13.7. The highest BCUT2D eigenvalue weighted by Gasteiger charge is 2.18. The van der Waals surface area contributed by atoms with E-state index in [1.165, 1.54) is 11.8 Å². The fraction of sp³-hybridized carbons (Fsp3) is 0.100. The molecule has 4 nitrogen and oxygen atoms in total. The molecule has 3 rings (SSSR count). The minimum Gasteiger partial charge on any atom is -0.370 e. The third-order valence-electron chi connectivity index (χ3n) is 3.86. The molecule has 0 saturated heterocycles. The SMILES string of the molecule is O=C(Nc1ccc(NCCc2ccccc2)nc1)c1ccc(F)c(F)c1F. The van der Waals surface area contributed by atoms with E-state index >= 15 is 0 Å². The molecule has 1 aromatic heterocycles. The Morgan fingerprint density at radius 1 is 0.926 bits per heavy atom. The molecule has 0 aliphatic heterocycles. The van der Waals surface area contributed by atoms with Crippen molar-refractivity contribution in [3.8, 4) is 0 Å². The fourth-order valence-corrected chi connectivity index (χ4v) is 2.45. The zero-order chi connectivity index (χ0) is 19.2. The molecule has 0 saturated carbocycles. The molecule has 2 N–H and O–H groups in total. The molecule has 0 aliphatic rings. The van der Waals surface area contributed by atoms with Crippen LogP contribution in [0.15, 0.2) is 60.8 Å². The quantitative estimate of drug-likeness (QED) is 0.631. The summed E-state index contributed by atoms with van der Waals surface area (Å²) in [6.07, 6.45) is 2.22. The molecule has 0 radical (unpaired) electrons. The van der Waals surface area contributed by atoms with E-state index < -0.39 is 28.9 Å². The van der Waals surface area contributed by atoms with Crippen LogP contribution in [0.4, 0.5) is 24.7 Å². The normalized spacial score (nSPS) is 10.5. The molecule has 138 valence electrons. The van der Waals surface area contributed by atoms with Crippen LogP contribution in [-0.2, 0) is 6.42 Å². The number of anilines is 2. The lowest BCUT2D eigenvalue weighted by atomic mass is 10.1. The molecular formula is C20H16F3N3O. The summed E-state index contributed by atoms with van der Waals surface area (Å²) in [7, 11) is 0. The molecule has 1 heterocycles. The Morgan fingerprint density at radius 2 is 1.70 bits per heavy atom. The number of aromatic nitrogens is 1. The largest absolute Gasteiger partial charge is 0.370 e. The van der Waals surface area contributed by atoms with Gasteiger partial charge >= 0.3 is 0 Å². The van der Waals surface area contributed by atoms with Gasteiger partial charge in [0.15, 0.2) is 17.5 Å². The van der Waals surface area contributed by atoms with E-state index in [4.69, 9.17) is 0 Å². The van der Waals surface area contributed by atoms with Gasteiger partial charge in [0.05, 0.1) is 17.4 Å². The minimum atomic E-state index is -1.68. The fourth-order valence-electron chi connectivity index (χ4n) is 2.45. The number of amides is 1. The Bertz CT molecular complexity index is 931. The summed E-state index contributed by atoms with van der Waals surface area (Å²) in [6.45, 7) is 0.683. The van der Waals surface area contributed by atoms with Gasteiger partial charge in [-0.1, -0.05) is 30.3 Å². The van der Waals surface area contributed by atoms with Gasteiger partial charge in [0.1, 0.15) is 5.82 Å². The number of carbonyl (C=O) groups is 1. The van der Waals surface area contributed by atoms with Gasteiger partial charge in [-0.25, -0.2) is 18.2 Å². The van der Waals surface area contributed by atoms with Crippen LogP contribution in [0.25, 0.3) is 0 Å². The average Bonchev–Trinajstić information content (AvgIpc) is 2.68. The van der Waals surface area contributed by atoms with Gasteiger partial charge in [-0.15, -0.1) is 0 Å². The summed E-state index contributed by atoms with van der Waals surface area (Å²) in [5.41, 5.74) is 0.916. The average molecular weight is 371 g/mol. The second-order valence-electron chi connectivity index (χ2n) is 5.77. The van der Waals surface area contributed by atoms with Gasteiger partial charge in [0.25, 0.3) is 5.91 Å². The first-order valence-electron chi connectivity index (χ1n) is 8.23. The predicted molar refractivity (Wildman–Crippen MR) is 97.1 cm³/mol. The Kier molecular flexibility index (Phi) is 5.71. The first kappa shape index (κ1) is 18.4. The van der Waals surface area contributed by atoms with Crippen LogP contribution in [0.3, 0.4) is 0 Å². The standard InChI is InChI=1S/C20H16F3N3O/c21-16-8-7-15(18(22)19(16)23)20(27)26-14-6-9-17(25-12-14)24-11-10-13-4-2-1-3-5-13/h1-9,12H,10-11H2,(H,24,25)(H,26,27). The topological polar surface area (TPSA) is 54.0 Å². The summed E-state index contributed by atoms with van der Waals surface area (Å²) in [6, 6.07) is 14.8. The zero-order valence-electron chi connectivity index (χ0n) is 14.2. The summed E-state index contributed by atoms with van der Waals surface area (Å²) in [5.74, 6) is -4.84. The number of nitrogens with zero attached hydrogens (tertiary/aromatic N) is 1. The van der Waals surface area contributed by atoms with Crippen molar-refractivity contribution in [3.63, 3.8) is 0 Å². The number of benzene rings is 2. The van der Waals surface area contributed by atoms with Gasteiger partial charge in [-0.3, -0.25) is 4.79 Å². The van der Waals surface area contributed by atoms with Crippen molar-refractivity contribution in [2.24, 2.45) is 0 Å². The molecular weight excluding hydrogens is 355 g/mol. The number of rotatable bonds is 6. The lowest BCUT2D eigenvalue weighted by Gasteiger charge is -2.09. The molecule has 0 unspecified atom stereocenters. The van der Waals surface area contributed by atoms with Gasteiger partial charge in [-0.2, -0.15) is 0 Å². The van der Waals surface area contributed by atoms with Crippen LogP contribution in [0.2, 0.25) is 0 Å². The molecule has 0 fully saturated rings. The third-order valence-corrected chi connectivity index (χ3v) is 3.86. The summed E-state index contributed by atoms with van der Waals surface area (Å²) >= 11 is 0. The molecule has 1 amide bonds. The van der Waals surface area contributed by atoms with E-state index in [9.17, 15) is 18.0 Å². The van der Waals surface area contributed by atoms with Gasteiger partial charge in [-0.05, 0) is 36.2 Å². The number of nitrogens with one attached hydrogen (secondary N) is 2. The van der Waals surface area contributed by atoms with Crippen molar-refractivity contribution < 1.29 is 18.0 Å².